The van der Waals surface area contributed by atoms with Gasteiger partial charge in [-0.25, -0.2) is 8.42 Å². The SMILES string of the molecule is CC(C)(O)CCCC1(O)CCN(C(=O)c2ccc(CS(=O)(=O)c3cccc4nccnc34)cc2)CC1. The lowest BCUT2D eigenvalue weighted by atomic mass is 9.85. The van der Waals surface area contributed by atoms with Crippen LogP contribution in [0.1, 0.15) is 61.9 Å². The van der Waals surface area contributed by atoms with E-state index < -0.39 is 21.0 Å². The number of piperidine rings is 1. The lowest BCUT2D eigenvalue weighted by molar-refractivity contribution is -0.0291. The van der Waals surface area contributed by atoms with Gasteiger partial charge in [0.25, 0.3) is 5.91 Å². The molecule has 2 aromatic carbocycles. The van der Waals surface area contributed by atoms with Gasteiger partial charge < -0.3 is 15.1 Å². The van der Waals surface area contributed by atoms with Crippen molar-refractivity contribution in [3.63, 3.8) is 0 Å². The van der Waals surface area contributed by atoms with Gasteiger partial charge in [-0.1, -0.05) is 18.2 Å². The molecular formula is C27H33N3O5S. The number of carbonyl (C=O) groups is 1. The topological polar surface area (TPSA) is 121 Å². The number of sulfone groups is 1. The lowest BCUT2D eigenvalue weighted by Crippen LogP contribution is -2.46. The molecule has 192 valence electrons. The van der Waals surface area contributed by atoms with Crippen LogP contribution in [0, 0.1) is 0 Å². The predicted octanol–water partition coefficient (Wildman–Crippen LogP) is 3.51. The van der Waals surface area contributed by atoms with Gasteiger partial charge in [-0.05, 0) is 75.8 Å². The average Bonchev–Trinajstić information content (AvgIpc) is 2.83. The Morgan fingerprint density at radius 1 is 1.06 bits per heavy atom. The molecule has 0 bridgehead atoms. The summed E-state index contributed by atoms with van der Waals surface area (Å²) in [5.74, 6) is -0.342. The van der Waals surface area contributed by atoms with E-state index in [4.69, 9.17) is 0 Å². The number of hydrogen-bond donors (Lipinski definition) is 2. The van der Waals surface area contributed by atoms with Crippen LogP contribution in [-0.4, -0.2) is 63.7 Å². The molecule has 1 fully saturated rings. The molecule has 3 aromatic rings. The van der Waals surface area contributed by atoms with Gasteiger partial charge >= 0.3 is 0 Å². The van der Waals surface area contributed by atoms with E-state index in [9.17, 15) is 23.4 Å². The molecule has 36 heavy (non-hydrogen) atoms. The summed E-state index contributed by atoms with van der Waals surface area (Å²) in [5.41, 5.74) is 0.363. The first-order valence-electron chi connectivity index (χ1n) is 12.2. The third kappa shape index (κ3) is 6.27. The first kappa shape index (κ1) is 26.2. The van der Waals surface area contributed by atoms with Gasteiger partial charge in [0, 0.05) is 31.0 Å². The summed E-state index contributed by atoms with van der Waals surface area (Å²) < 4.78 is 26.2. The van der Waals surface area contributed by atoms with E-state index in [2.05, 4.69) is 9.97 Å². The summed E-state index contributed by atoms with van der Waals surface area (Å²) in [7, 11) is -3.66. The van der Waals surface area contributed by atoms with Crippen molar-refractivity contribution >= 4 is 26.8 Å². The van der Waals surface area contributed by atoms with Crippen molar-refractivity contribution in [3.8, 4) is 0 Å². The van der Waals surface area contributed by atoms with Gasteiger partial charge in [-0.15, -0.1) is 0 Å². The fourth-order valence-electron chi connectivity index (χ4n) is 4.67. The van der Waals surface area contributed by atoms with Crippen LogP contribution in [-0.2, 0) is 15.6 Å². The van der Waals surface area contributed by atoms with Crippen molar-refractivity contribution in [1.29, 1.82) is 0 Å². The maximum absolute atomic E-state index is 13.1. The minimum absolute atomic E-state index is 0.132. The molecule has 0 atom stereocenters. The number of para-hydroxylation sites is 1. The second-order valence-electron chi connectivity index (χ2n) is 10.3. The Kier molecular flexibility index (Phi) is 7.45. The minimum Gasteiger partial charge on any atom is -0.390 e. The summed E-state index contributed by atoms with van der Waals surface area (Å²) in [6.07, 6.45) is 5.93. The molecule has 0 spiro atoms. The van der Waals surface area contributed by atoms with Crippen LogP contribution in [0.3, 0.4) is 0 Å². The highest BCUT2D eigenvalue weighted by atomic mass is 32.2. The molecule has 1 aliphatic heterocycles. The highest BCUT2D eigenvalue weighted by Gasteiger charge is 2.34. The van der Waals surface area contributed by atoms with E-state index in [1.807, 2.05) is 0 Å². The molecule has 1 saturated heterocycles. The standard InChI is InChI=1S/C27H33N3O5S/c1-26(2,32)11-4-12-27(33)13-17-30(18-14-27)25(31)21-9-7-20(8-10-21)19-36(34,35)23-6-3-5-22-24(23)29-16-15-28-22/h3,5-10,15-16,32-33H,4,11-14,17-19H2,1-2H3. The number of likely N-dealkylation sites (tertiary alicyclic amines) is 1. The fourth-order valence-corrected chi connectivity index (χ4v) is 6.19. The van der Waals surface area contributed by atoms with Crippen molar-refractivity contribution < 1.29 is 23.4 Å². The molecule has 1 aliphatic rings. The summed E-state index contributed by atoms with van der Waals surface area (Å²) in [6, 6.07) is 11.5. The summed E-state index contributed by atoms with van der Waals surface area (Å²) in [5, 5.41) is 20.7. The molecule has 0 radical (unpaired) electrons. The Hall–Kier alpha value is -2.88. The van der Waals surface area contributed by atoms with Crippen molar-refractivity contribution in [2.24, 2.45) is 0 Å². The zero-order chi connectivity index (χ0) is 26.0. The molecule has 2 N–H and O–H groups in total. The third-order valence-corrected chi connectivity index (χ3v) is 8.48. The van der Waals surface area contributed by atoms with Crippen LogP contribution >= 0.6 is 0 Å². The summed E-state index contributed by atoms with van der Waals surface area (Å²) >= 11 is 0. The number of nitrogens with zero attached hydrogens (tertiary/aromatic N) is 3. The maximum Gasteiger partial charge on any atom is 0.253 e. The van der Waals surface area contributed by atoms with E-state index in [1.165, 1.54) is 18.5 Å². The van der Waals surface area contributed by atoms with E-state index in [0.717, 1.165) is 6.42 Å². The normalized spacial score (nSPS) is 16.3. The third-order valence-electron chi connectivity index (χ3n) is 6.77. The molecule has 8 nitrogen and oxygen atoms in total. The van der Waals surface area contributed by atoms with E-state index in [1.54, 1.807) is 55.1 Å². The van der Waals surface area contributed by atoms with Crippen molar-refractivity contribution in [2.75, 3.05) is 13.1 Å². The predicted molar refractivity (Wildman–Crippen MR) is 137 cm³/mol. The van der Waals surface area contributed by atoms with Gasteiger partial charge in [-0.2, -0.15) is 0 Å². The van der Waals surface area contributed by atoms with E-state index in [0.29, 0.717) is 60.9 Å². The van der Waals surface area contributed by atoms with Crippen LogP contribution in [0.5, 0.6) is 0 Å². The molecule has 9 heteroatoms. The number of rotatable bonds is 8. The molecular weight excluding hydrogens is 478 g/mol. The summed E-state index contributed by atoms with van der Waals surface area (Å²) in [4.78, 5) is 23.2. The molecule has 1 amide bonds. The zero-order valence-corrected chi connectivity index (χ0v) is 21.5. The first-order valence-corrected chi connectivity index (χ1v) is 13.9. The number of aromatic nitrogens is 2. The maximum atomic E-state index is 13.1. The minimum atomic E-state index is -3.66. The quantitative estimate of drug-likeness (QED) is 0.475. The smallest absolute Gasteiger partial charge is 0.253 e. The van der Waals surface area contributed by atoms with Crippen LogP contribution < -0.4 is 0 Å². The number of benzene rings is 2. The Bertz CT molecular complexity index is 1320. The highest BCUT2D eigenvalue weighted by molar-refractivity contribution is 7.90. The Morgan fingerprint density at radius 2 is 1.72 bits per heavy atom. The molecule has 4 rings (SSSR count). The van der Waals surface area contributed by atoms with Crippen LogP contribution in [0.25, 0.3) is 11.0 Å². The largest absolute Gasteiger partial charge is 0.390 e. The number of amides is 1. The molecule has 0 saturated carbocycles. The first-order chi connectivity index (χ1) is 17.0. The molecule has 0 aliphatic carbocycles. The van der Waals surface area contributed by atoms with Gasteiger partial charge in [0.15, 0.2) is 9.84 Å². The van der Waals surface area contributed by atoms with Crippen LogP contribution in [0.4, 0.5) is 0 Å². The zero-order valence-electron chi connectivity index (χ0n) is 20.7. The summed E-state index contributed by atoms with van der Waals surface area (Å²) in [6.45, 7) is 4.43. The van der Waals surface area contributed by atoms with E-state index >= 15 is 0 Å². The van der Waals surface area contributed by atoms with Gasteiger partial charge in [0.05, 0.1) is 27.4 Å². The highest BCUT2D eigenvalue weighted by Crippen LogP contribution is 2.30. The average molecular weight is 512 g/mol. The second-order valence-corrected chi connectivity index (χ2v) is 12.3. The van der Waals surface area contributed by atoms with Crippen molar-refractivity contribution in [1.82, 2.24) is 14.9 Å². The van der Waals surface area contributed by atoms with E-state index in [-0.39, 0.29) is 16.6 Å². The molecule has 2 heterocycles. The van der Waals surface area contributed by atoms with Gasteiger partial charge in [0.2, 0.25) is 0 Å². The van der Waals surface area contributed by atoms with Crippen molar-refractivity contribution in [2.45, 2.75) is 67.8 Å². The molecule has 0 unspecified atom stereocenters. The van der Waals surface area contributed by atoms with Crippen LogP contribution in [0.2, 0.25) is 0 Å². The van der Waals surface area contributed by atoms with Crippen molar-refractivity contribution in [3.05, 3.63) is 66.0 Å². The monoisotopic (exact) mass is 511 g/mol. The Labute approximate surface area is 211 Å². The Balaban J connectivity index is 1.37. The number of fused-ring (bicyclic) bond motifs is 1. The molecule has 1 aromatic heterocycles. The Morgan fingerprint density at radius 3 is 2.39 bits per heavy atom. The lowest BCUT2D eigenvalue weighted by Gasteiger charge is -2.38. The van der Waals surface area contributed by atoms with Gasteiger partial charge in [-0.3, -0.25) is 14.8 Å². The fraction of sp³-hybridized carbons (Fsp3) is 0.444. The number of hydrogen-bond acceptors (Lipinski definition) is 7. The van der Waals surface area contributed by atoms with Crippen LogP contribution in [0.15, 0.2) is 59.8 Å². The van der Waals surface area contributed by atoms with Gasteiger partial charge in [0.1, 0.15) is 5.52 Å². The second kappa shape index (κ2) is 10.2. The number of aliphatic hydroxyl groups is 2. The number of carbonyl (C=O) groups excluding carboxylic acids is 1.